The summed E-state index contributed by atoms with van der Waals surface area (Å²) < 4.78 is 0. The van der Waals surface area contributed by atoms with Gasteiger partial charge in [-0.2, -0.15) is 5.26 Å². The van der Waals surface area contributed by atoms with Crippen molar-refractivity contribution in [3.05, 3.63) is 33.1 Å². The zero-order valence-electron chi connectivity index (χ0n) is 11.1. The van der Waals surface area contributed by atoms with Crippen molar-refractivity contribution in [3.63, 3.8) is 0 Å². The minimum atomic E-state index is -0.360. The summed E-state index contributed by atoms with van der Waals surface area (Å²) in [6.45, 7) is 4.77. The Balaban J connectivity index is 2.29. The molecule has 2 rings (SSSR count). The Morgan fingerprint density at radius 1 is 1.63 bits per heavy atom. The molecule has 0 aromatic carbocycles. The average molecular weight is 260 g/mol. The summed E-state index contributed by atoms with van der Waals surface area (Å²) in [6, 6.07) is 2.17. The SMILES string of the molecule is Cc1cnc(CN2CCCC2C#N)c(C)c1[N+](=O)[O-]. The van der Waals surface area contributed by atoms with Crippen molar-refractivity contribution in [2.75, 3.05) is 6.54 Å². The molecule has 0 saturated carbocycles. The summed E-state index contributed by atoms with van der Waals surface area (Å²) in [7, 11) is 0. The Kier molecular flexibility index (Phi) is 3.76. The number of nitrogens with zero attached hydrogens (tertiary/aromatic N) is 4. The zero-order valence-corrected chi connectivity index (χ0v) is 11.1. The van der Waals surface area contributed by atoms with Crippen LogP contribution in [0.15, 0.2) is 6.20 Å². The Hall–Kier alpha value is -2.00. The topological polar surface area (TPSA) is 83.1 Å². The lowest BCUT2D eigenvalue weighted by atomic mass is 10.1. The molecule has 1 aromatic heterocycles. The van der Waals surface area contributed by atoms with Crippen molar-refractivity contribution in [3.8, 4) is 6.07 Å². The summed E-state index contributed by atoms with van der Waals surface area (Å²) in [5, 5.41) is 20.1. The number of likely N-dealkylation sites (tertiary alicyclic amines) is 1. The van der Waals surface area contributed by atoms with E-state index in [1.165, 1.54) is 6.20 Å². The number of rotatable bonds is 3. The molecular formula is C13H16N4O2. The van der Waals surface area contributed by atoms with Gasteiger partial charge in [0.15, 0.2) is 0 Å². The predicted octanol–water partition coefficient (Wildman–Crippen LogP) is 2.09. The van der Waals surface area contributed by atoms with Crippen LogP contribution in [-0.4, -0.2) is 27.4 Å². The van der Waals surface area contributed by atoms with Crippen molar-refractivity contribution in [1.29, 1.82) is 5.26 Å². The first kappa shape index (κ1) is 13.4. The molecule has 0 aliphatic carbocycles. The maximum absolute atomic E-state index is 11.1. The second-order valence-corrected chi connectivity index (χ2v) is 4.88. The number of aryl methyl sites for hydroxylation is 1. The fourth-order valence-electron chi connectivity index (χ4n) is 2.56. The van der Waals surface area contributed by atoms with Gasteiger partial charge in [-0.15, -0.1) is 0 Å². The second kappa shape index (κ2) is 5.33. The third-order valence-electron chi connectivity index (χ3n) is 3.62. The largest absolute Gasteiger partial charge is 0.282 e. The number of pyridine rings is 1. The Labute approximate surface area is 111 Å². The van der Waals surface area contributed by atoms with Crippen LogP contribution in [0.5, 0.6) is 0 Å². The highest BCUT2D eigenvalue weighted by Gasteiger charge is 2.26. The molecule has 0 N–H and O–H groups in total. The van der Waals surface area contributed by atoms with Gasteiger partial charge in [-0.05, 0) is 33.2 Å². The van der Waals surface area contributed by atoms with Crippen LogP contribution in [0, 0.1) is 35.3 Å². The third-order valence-corrected chi connectivity index (χ3v) is 3.62. The molecule has 100 valence electrons. The molecule has 1 atom stereocenters. The van der Waals surface area contributed by atoms with Crippen LogP contribution in [-0.2, 0) is 6.54 Å². The van der Waals surface area contributed by atoms with E-state index in [1.807, 2.05) is 4.90 Å². The van der Waals surface area contributed by atoms with Crippen molar-refractivity contribution in [2.45, 2.75) is 39.3 Å². The molecule has 1 fully saturated rings. The summed E-state index contributed by atoms with van der Waals surface area (Å²) >= 11 is 0. The van der Waals surface area contributed by atoms with Gasteiger partial charge in [0.05, 0.1) is 22.7 Å². The highest BCUT2D eigenvalue weighted by atomic mass is 16.6. The second-order valence-electron chi connectivity index (χ2n) is 4.88. The van der Waals surface area contributed by atoms with Gasteiger partial charge < -0.3 is 0 Å². The van der Waals surface area contributed by atoms with Gasteiger partial charge in [0, 0.05) is 23.9 Å². The van der Waals surface area contributed by atoms with Gasteiger partial charge in [-0.3, -0.25) is 20.0 Å². The molecule has 1 unspecified atom stereocenters. The first-order valence-electron chi connectivity index (χ1n) is 6.27. The van der Waals surface area contributed by atoms with Gasteiger partial charge in [-0.25, -0.2) is 0 Å². The first-order valence-corrected chi connectivity index (χ1v) is 6.27. The maximum Gasteiger partial charge on any atom is 0.278 e. The van der Waals surface area contributed by atoms with Crippen LogP contribution in [0.4, 0.5) is 5.69 Å². The molecule has 1 aliphatic rings. The molecule has 0 bridgehead atoms. The zero-order chi connectivity index (χ0) is 14.0. The fourth-order valence-corrected chi connectivity index (χ4v) is 2.56. The number of nitriles is 1. The monoisotopic (exact) mass is 260 g/mol. The molecule has 2 heterocycles. The van der Waals surface area contributed by atoms with Gasteiger partial charge in [0.1, 0.15) is 0 Å². The van der Waals surface area contributed by atoms with E-state index in [4.69, 9.17) is 5.26 Å². The van der Waals surface area contributed by atoms with Crippen LogP contribution < -0.4 is 0 Å². The number of nitro groups is 1. The lowest BCUT2D eigenvalue weighted by molar-refractivity contribution is -0.386. The van der Waals surface area contributed by atoms with Gasteiger partial charge in [0.25, 0.3) is 5.69 Å². The normalized spacial score (nSPS) is 19.3. The standard InChI is InChI=1S/C13H16N4O2/c1-9-7-15-12(10(2)13(9)17(18)19)8-16-5-3-4-11(16)6-14/h7,11H,3-5,8H2,1-2H3. The number of hydrogen-bond donors (Lipinski definition) is 0. The Morgan fingerprint density at radius 2 is 2.37 bits per heavy atom. The van der Waals surface area contributed by atoms with Crippen molar-refractivity contribution in [2.24, 2.45) is 0 Å². The van der Waals surface area contributed by atoms with E-state index in [9.17, 15) is 10.1 Å². The van der Waals surface area contributed by atoms with E-state index in [0.717, 1.165) is 19.4 Å². The highest BCUT2D eigenvalue weighted by molar-refractivity contribution is 5.47. The molecular weight excluding hydrogens is 244 g/mol. The average Bonchev–Trinajstić information content (AvgIpc) is 2.79. The highest BCUT2D eigenvalue weighted by Crippen LogP contribution is 2.26. The van der Waals surface area contributed by atoms with Gasteiger partial charge >= 0.3 is 0 Å². The molecule has 19 heavy (non-hydrogen) atoms. The quantitative estimate of drug-likeness (QED) is 0.613. The number of hydrogen-bond acceptors (Lipinski definition) is 5. The molecule has 1 aliphatic heterocycles. The minimum Gasteiger partial charge on any atom is -0.282 e. The molecule has 0 amide bonds. The Bertz CT molecular complexity index is 550. The van der Waals surface area contributed by atoms with Crippen molar-refractivity contribution in [1.82, 2.24) is 9.88 Å². The Morgan fingerprint density at radius 3 is 3.00 bits per heavy atom. The lowest BCUT2D eigenvalue weighted by Gasteiger charge is -2.19. The lowest BCUT2D eigenvalue weighted by Crippen LogP contribution is -2.28. The van der Waals surface area contributed by atoms with Crippen LogP contribution >= 0.6 is 0 Å². The molecule has 1 saturated heterocycles. The minimum absolute atomic E-state index is 0.0958. The molecule has 6 heteroatoms. The van der Waals surface area contributed by atoms with Crippen LogP contribution in [0.1, 0.15) is 29.7 Å². The maximum atomic E-state index is 11.1. The predicted molar refractivity (Wildman–Crippen MR) is 69.4 cm³/mol. The molecule has 0 radical (unpaired) electrons. The van der Waals surface area contributed by atoms with E-state index < -0.39 is 0 Å². The third kappa shape index (κ3) is 2.56. The summed E-state index contributed by atoms with van der Waals surface area (Å²) in [6.07, 6.45) is 3.40. The molecule has 1 aromatic rings. The van der Waals surface area contributed by atoms with Gasteiger partial charge in [0.2, 0.25) is 0 Å². The van der Waals surface area contributed by atoms with Crippen molar-refractivity contribution < 1.29 is 4.92 Å². The van der Waals surface area contributed by atoms with Crippen LogP contribution in [0.2, 0.25) is 0 Å². The van der Waals surface area contributed by atoms with Crippen molar-refractivity contribution >= 4 is 5.69 Å². The summed E-state index contributed by atoms with van der Waals surface area (Å²) in [4.78, 5) is 17.0. The van der Waals surface area contributed by atoms with E-state index >= 15 is 0 Å². The van der Waals surface area contributed by atoms with E-state index in [2.05, 4.69) is 11.1 Å². The summed E-state index contributed by atoms with van der Waals surface area (Å²) in [5.41, 5.74) is 2.01. The van der Waals surface area contributed by atoms with E-state index in [-0.39, 0.29) is 16.7 Å². The first-order chi connectivity index (χ1) is 9.04. The van der Waals surface area contributed by atoms with Gasteiger partial charge in [-0.1, -0.05) is 0 Å². The van der Waals surface area contributed by atoms with E-state index in [1.54, 1.807) is 13.8 Å². The molecule has 0 spiro atoms. The number of aromatic nitrogens is 1. The van der Waals surface area contributed by atoms with Crippen LogP contribution in [0.25, 0.3) is 0 Å². The smallest absolute Gasteiger partial charge is 0.278 e. The summed E-state index contributed by atoms with van der Waals surface area (Å²) in [5.74, 6) is 0. The van der Waals surface area contributed by atoms with E-state index in [0.29, 0.717) is 23.4 Å². The molecule has 6 nitrogen and oxygen atoms in total. The fraction of sp³-hybridized carbons (Fsp3) is 0.538. The van der Waals surface area contributed by atoms with Crippen LogP contribution in [0.3, 0.4) is 0 Å².